The summed E-state index contributed by atoms with van der Waals surface area (Å²) in [6, 6.07) is -0.316. The summed E-state index contributed by atoms with van der Waals surface area (Å²) < 4.78 is 0. The maximum atomic E-state index is 11.4. The molecule has 5 heteroatoms. The summed E-state index contributed by atoms with van der Waals surface area (Å²) in [5.74, 6) is 0.0705. The molecule has 0 aliphatic heterocycles. The van der Waals surface area contributed by atoms with Gasteiger partial charge in [0.05, 0.1) is 6.17 Å². The zero-order chi connectivity index (χ0) is 13.8. The molecule has 106 valence electrons. The van der Waals surface area contributed by atoms with Crippen molar-refractivity contribution in [1.82, 2.24) is 5.43 Å². The maximum Gasteiger partial charge on any atom is 0.156 e. The van der Waals surface area contributed by atoms with Crippen LogP contribution in [0, 0.1) is 0 Å². The first-order valence-electron chi connectivity index (χ1n) is 7.03. The first kappa shape index (κ1) is 17.0. The molecule has 0 amide bonds. The van der Waals surface area contributed by atoms with Crippen LogP contribution in [0.15, 0.2) is 10.3 Å². The Morgan fingerprint density at radius 1 is 1.22 bits per heavy atom. The van der Waals surface area contributed by atoms with Gasteiger partial charge in [0, 0.05) is 0 Å². The van der Waals surface area contributed by atoms with Crippen molar-refractivity contribution < 1.29 is 4.79 Å². The van der Waals surface area contributed by atoms with E-state index in [9.17, 15) is 4.79 Å². The smallest absolute Gasteiger partial charge is 0.156 e. The molecule has 0 bridgehead atoms. The monoisotopic (exact) mass is 256 g/mol. The summed E-state index contributed by atoms with van der Waals surface area (Å²) in [4.78, 5) is 11.4. The number of hydrogen-bond acceptors (Lipinski definition) is 4. The van der Waals surface area contributed by atoms with Gasteiger partial charge in [-0.05, 0) is 19.8 Å². The standard InChI is InChI=1S/C13H28N4O/c1-4-6-7-8-9-10-12(11(3)18)15-17-16-13(14)5-2/h12-13H,4-10,14H2,1-3H3,(H,15,16). The molecule has 0 heterocycles. The lowest BCUT2D eigenvalue weighted by Crippen LogP contribution is -2.32. The third-order valence-corrected chi connectivity index (χ3v) is 2.91. The van der Waals surface area contributed by atoms with E-state index in [-0.39, 0.29) is 18.0 Å². The van der Waals surface area contributed by atoms with E-state index in [0.29, 0.717) is 0 Å². The van der Waals surface area contributed by atoms with Crippen molar-refractivity contribution in [1.29, 1.82) is 0 Å². The quantitative estimate of drug-likeness (QED) is 0.258. The Labute approximate surface area is 111 Å². The van der Waals surface area contributed by atoms with Crippen LogP contribution in [0.3, 0.4) is 0 Å². The van der Waals surface area contributed by atoms with Gasteiger partial charge >= 0.3 is 0 Å². The number of rotatable bonds is 11. The number of carbonyl (C=O) groups is 1. The lowest BCUT2D eigenvalue weighted by molar-refractivity contribution is -0.118. The molecule has 0 fully saturated rings. The van der Waals surface area contributed by atoms with Gasteiger partial charge in [0.2, 0.25) is 0 Å². The minimum absolute atomic E-state index is 0.0705. The Balaban J connectivity index is 3.88. The van der Waals surface area contributed by atoms with Gasteiger partial charge in [0.1, 0.15) is 6.04 Å². The Hall–Kier alpha value is -0.970. The largest absolute Gasteiger partial charge is 0.310 e. The molecule has 2 atom stereocenters. The van der Waals surface area contributed by atoms with Crippen LogP contribution < -0.4 is 11.2 Å². The van der Waals surface area contributed by atoms with Gasteiger partial charge in [-0.15, -0.1) is 0 Å². The van der Waals surface area contributed by atoms with Crippen molar-refractivity contribution in [3.8, 4) is 0 Å². The molecule has 0 aromatic rings. The van der Waals surface area contributed by atoms with Gasteiger partial charge < -0.3 is 5.73 Å². The second-order valence-electron chi connectivity index (χ2n) is 4.69. The van der Waals surface area contributed by atoms with Crippen LogP contribution in [0.2, 0.25) is 0 Å². The number of nitrogens with one attached hydrogen (secondary N) is 1. The van der Waals surface area contributed by atoms with E-state index in [1.807, 2.05) is 6.92 Å². The summed E-state index contributed by atoms with van der Waals surface area (Å²) in [5, 5.41) is 7.82. The first-order valence-corrected chi connectivity index (χ1v) is 7.03. The topological polar surface area (TPSA) is 79.8 Å². The Morgan fingerprint density at radius 2 is 1.89 bits per heavy atom. The van der Waals surface area contributed by atoms with Crippen LogP contribution >= 0.6 is 0 Å². The fourth-order valence-corrected chi connectivity index (χ4v) is 1.55. The highest BCUT2D eigenvalue weighted by atomic mass is 16.1. The number of Topliss-reactive ketones (excluding diaryl/α,β-unsaturated/α-hetero) is 1. The van der Waals surface area contributed by atoms with Gasteiger partial charge in [-0.3, -0.25) is 10.2 Å². The molecular formula is C13H28N4O. The molecule has 5 nitrogen and oxygen atoms in total. The van der Waals surface area contributed by atoms with E-state index < -0.39 is 0 Å². The summed E-state index contributed by atoms with van der Waals surface area (Å²) in [7, 11) is 0. The molecular weight excluding hydrogens is 228 g/mol. The van der Waals surface area contributed by atoms with Gasteiger partial charge in [0.15, 0.2) is 5.78 Å². The number of ketones is 1. The molecule has 18 heavy (non-hydrogen) atoms. The molecule has 0 saturated heterocycles. The number of carbonyl (C=O) groups excluding carboxylic acids is 1. The minimum Gasteiger partial charge on any atom is -0.310 e. The zero-order valence-electron chi connectivity index (χ0n) is 12.0. The first-order chi connectivity index (χ1) is 8.61. The van der Waals surface area contributed by atoms with E-state index in [2.05, 4.69) is 22.7 Å². The number of unbranched alkanes of at least 4 members (excludes halogenated alkanes) is 4. The summed E-state index contributed by atoms with van der Waals surface area (Å²) in [6.45, 7) is 5.72. The van der Waals surface area contributed by atoms with Crippen molar-refractivity contribution in [3.63, 3.8) is 0 Å². The van der Waals surface area contributed by atoms with E-state index in [4.69, 9.17) is 5.73 Å². The highest BCUT2D eigenvalue weighted by Gasteiger charge is 2.12. The third-order valence-electron chi connectivity index (χ3n) is 2.91. The Morgan fingerprint density at radius 3 is 2.44 bits per heavy atom. The SMILES string of the molecule is CCCCCCCC(N=NNC(N)CC)C(C)=O. The van der Waals surface area contributed by atoms with E-state index in [1.54, 1.807) is 6.92 Å². The predicted octanol–water partition coefficient (Wildman–Crippen LogP) is 2.96. The van der Waals surface area contributed by atoms with Crippen LogP contribution in [-0.4, -0.2) is 18.0 Å². The lowest BCUT2D eigenvalue weighted by atomic mass is 10.0. The predicted molar refractivity (Wildman–Crippen MR) is 74.1 cm³/mol. The van der Waals surface area contributed by atoms with Crippen LogP contribution in [-0.2, 0) is 4.79 Å². The average molecular weight is 256 g/mol. The highest BCUT2D eigenvalue weighted by Crippen LogP contribution is 2.10. The minimum atomic E-state index is -0.316. The summed E-state index contributed by atoms with van der Waals surface area (Å²) in [6.07, 6.45) is 7.29. The molecule has 0 radical (unpaired) electrons. The van der Waals surface area contributed by atoms with E-state index in [1.165, 1.54) is 19.3 Å². The van der Waals surface area contributed by atoms with Crippen LogP contribution in [0.4, 0.5) is 0 Å². The van der Waals surface area contributed by atoms with Crippen molar-refractivity contribution in [2.75, 3.05) is 0 Å². The average Bonchev–Trinajstić information content (AvgIpc) is 2.35. The lowest BCUT2D eigenvalue weighted by Gasteiger charge is -2.09. The van der Waals surface area contributed by atoms with Gasteiger partial charge in [0.25, 0.3) is 0 Å². The van der Waals surface area contributed by atoms with Crippen LogP contribution in [0.25, 0.3) is 0 Å². The van der Waals surface area contributed by atoms with E-state index >= 15 is 0 Å². The fourth-order valence-electron chi connectivity index (χ4n) is 1.55. The molecule has 3 N–H and O–H groups in total. The Bertz CT molecular complexity index is 243. The van der Waals surface area contributed by atoms with Gasteiger partial charge in [-0.1, -0.05) is 51.2 Å². The zero-order valence-corrected chi connectivity index (χ0v) is 12.0. The highest BCUT2D eigenvalue weighted by molar-refractivity contribution is 5.81. The summed E-state index contributed by atoms with van der Waals surface area (Å²) in [5.41, 5.74) is 8.35. The van der Waals surface area contributed by atoms with Crippen LogP contribution in [0.1, 0.15) is 65.7 Å². The molecule has 2 unspecified atom stereocenters. The van der Waals surface area contributed by atoms with E-state index in [0.717, 1.165) is 25.7 Å². The van der Waals surface area contributed by atoms with Crippen molar-refractivity contribution in [2.24, 2.45) is 16.1 Å². The van der Waals surface area contributed by atoms with Crippen molar-refractivity contribution in [2.45, 2.75) is 77.9 Å². The Kier molecular flexibility index (Phi) is 10.5. The maximum absolute atomic E-state index is 11.4. The van der Waals surface area contributed by atoms with Gasteiger partial charge in [-0.2, -0.15) is 5.11 Å². The molecule has 0 aliphatic rings. The molecule has 0 aromatic heterocycles. The van der Waals surface area contributed by atoms with Crippen LogP contribution in [0.5, 0.6) is 0 Å². The number of nitrogens with two attached hydrogens (primary N) is 1. The third kappa shape index (κ3) is 9.10. The number of nitrogens with zero attached hydrogens (tertiary/aromatic N) is 2. The fraction of sp³-hybridized carbons (Fsp3) is 0.923. The van der Waals surface area contributed by atoms with Crippen molar-refractivity contribution in [3.05, 3.63) is 0 Å². The summed E-state index contributed by atoms with van der Waals surface area (Å²) >= 11 is 0. The number of hydrogen-bond donors (Lipinski definition) is 2. The molecule has 0 spiro atoms. The molecule has 0 aliphatic carbocycles. The molecule has 0 saturated carbocycles. The van der Waals surface area contributed by atoms with Crippen molar-refractivity contribution >= 4 is 5.78 Å². The van der Waals surface area contributed by atoms with Gasteiger partial charge in [-0.25, -0.2) is 0 Å². The normalized spacial score (nSPS) is 14.7. The molecule has 0 aromatic carbocycles. The second kappa shape index (κ2) is 11.1. The second-order valence-corrected chi connectivity index (χ2v) is 4.69. The molecule has 0 rings (SSSR count).